The minimum Gasteiger partial charge on any atom is -0.484 e. The third kappa shape index (κ3) is 5.50. The maximum Gasteiger partial charge on any atom is 0.266 e. The lowest BCUT2D eigenvalue weighted by molar-refractivity contribution is -0.123. The van der Waals surface area contributed by atoms with E-state index < -0.39 is 15.8 Å². The van der Waals surface area contributed by atoms with Gasteiger partial charge in [0.15, 0.2) is 6.61 Å². The fraction of sp³-hybridized carbons (Fsp3) is 0.409. The highest BCUT2D eigenvalue weighted by Crippen LogP contribution is 2.25. The Balaban J connectivity index is 1.58. The Labute approximate surface area is 177 Å². The van der Waals surface area contributed by atoms with E-state index in [2.05, 4.69) is 5.32 Å². The molecule has 3 rings (SSSR count). The van der Waals surface area contributed by atoms with Gasteiger partial charge in [0.25, 0.3) is 15.9 Å². The van der Waals surface area contributed by atoms with Crippen LogP contribution in [-0.2, 0) is 14.8 Å². The van der Waals surface area contributed by atoms with Crippen molar-refractivity contribution >= 4 is 21.6 Å². The van der Waals surface area contributed by atoms with Crippen LogP contribution in [0.3, 0.4) is 0 Å². The third-order valence-electron chi connectivity index (χ3n) is 5.27. The lowest BCUT2D eigenvalue weighted by atomic mass is 10.1. The molecule has 0 bridgehead atoms. The SMILES string of the molecule is CN(c1ccc(OCC(=O)NC2CCCCCC2)cc1)S(=O)(=O)c1ccccc1F. The molecule has 0 saturated heterocycles. The number of carbonyl (C=O) groups excluding carboxylic acids is 1. The van der Waals surface area contributed by atoms with Crippen LogP contribution in [0.2, 0.25) is 0 Å². The van der Waals surface area contributed by atoms with E-state index in [4.69, 9.17) is 4.74 Å². The minimum absolute atomic E-state index is 0.0980. The van der Waals surface area contributed by atoms with Gasteiger partial charge in [0, 0.05) is 13.1 Å². The number of amides is 1. The smallest absolute Gasteiger partial charge is 0.266 e. The molecule has 1 fully saturated rings. The zero-order chi connectivity index (χ0) is 21.6. The molecule has 8 heteroatoms. The number of hydrogen-bond acceptors (Lipinski definition) is 4. The highest BCUT2D eigenvalue weighted by molar-refractivity contribution is 7.92. The Morgan fingerprint density at radius 1 is 1.07 bits per heavy atom. The number of nitrogens with zero attached hydrogens (tertiary/aromatic N) is 1. The van der Waals surface area contributed by atoms with Crippen LogP contribution in [0.4, 0.5) is 10.1 Å². The molecular weight excluding hydrogens is 407 g/mol. The number of carbonyl (C=O) groups is 1. The summed E-state index contributed by atoms with van der Waals surface area (Å²) in [6.45, 7) is -0.0980. The molecule has 1 saturated carbocycles. The fourth-order valence-electron chi connectivity index (χ4n) is 3.53. The molecule has 0 unspecified atom stereocenters. The summed E-state index contributed by atoms with van der Waals surface area (Å²) in [7, 11) is -2.67. The average Bonchev–Trinajstić information content (AvgIpc) is 3.01. The van der Waals surface area contributed by atoms with Crippen LogP contribution in [0.1, 0.15) is 38.5 Å². The molecule has 0 atom stereocenters. The van der Waals surface area contributed by atoms with Crippen molar-refractivity contribution in [2.45, 2.75) is 49.5 Å². The van der Waals surface area contributed by atoms with Crippen LogP contribution in [0.25, 0.3) is 0 Å². The number of rotatable bonds is 7. The van der Waals surface area contributed by atoms with Gasteiger partial charge in [-0.3, -0.25) is 9.10 Å². The first-order valence-electron chi connectivity index (χ1n) is 10.1. The number of hydrogen-bond donors (Lipinski definition) is 1. The summed E-state index contributed by atoms with van der Waals surface area (Å²) < 4.78 is 45.8. The van der Waals surface area contributed by atoms with Crippen molar-refractivity contribution in [1.29, 1.82) is 0 Å². The first-order valence-corrected chi connectivity index (χ1v) is 11.6. The van der Waals surface area contributed by atoms with Crippen molar-refractivity contribution < 1.29 is 22.3 Å². The Hall–Kier alpha value is -2.61. The van der Waals surface area contributed by atoms with E-state index in [1.54, 1.807) is 24.3 Å². The van der Waals surface area contributed by atoms with Crippen molar-refractivity contribution in [2.75, 3.05) is 18.0 Å². The van der Waals surface area contributed by atoms with Crippen LogP contribution in [-0.4, -0.2) is 34.0 Å². The minimum atomic E-state index is -4.03. The van der Waals surface area contributed by atoms with Crippen molar-refractivity contribution in [3.63, 3.8) is 0 Å². The van der Waals surface area contributed by atoms with E-state index in [1.165, 1.54) is 38.1 Å². The molecule has 30 heavy (non-hydrogen) atoms. The number of anilines is 1. The van der Waals surface area contributed by atoms with Crippen molar-refractivity contribution in [3.05, 3.63) is 54.3 Å². The second-order valence-electron chi connectivity index (χ2n) is 7.44. The van der Waals surface area contributed by atoms with Crippen molar-refractivity contribution in [2.24, 2.45) is 0 Å². The third-order valence-corrected chi connectivity index (χ3v) is 7.08. The fourth-order valence-corrected chi connectivity index (χ4v) is 4.79. The van der Waals surface area contributed by atoms with Crippen LogP contribution in [0.15, 0.2) is 53.4 Å². The molecule has 0 aromatic heterocycles. The predicted molar refractivity (Wildman–Crippen MR) is 114 cm³/mol. The van der Waals surface area contributed by atoms with Crippen LogP contribution in [0.5, 0.6) is 5.75 Å². The second-order valence-corrected chi connectivity index (χ2v) is 9.38. The standard InChI is InChI=1S/C22H27FN2O4S/c1-25(30(27,28)21-11-7-6-10-20(21)23)18-12-14-19(15-13-18)29-16-22(26)24-17-8-4-2-3-5-9-17/h6-7,10-15,17H,2-5,8-9,16H2,1H3,(H,24,26). The summed E-state index contributed by atoms with van der Waals surface area (Å²) in [5, 5.41) is 3.02. The normalized spacial score (nSPS) is 15.3. The largest absolute Gasteiger partial charge is 0.484 e. The number of sulfonamides is 1. The van der Waals surface area contributed by atoms with Gasteiger partial charge in [0.2, 0.25) is 0 Å². The molecular formula is C22H27FN2O4S. The van der Waals surface area contributed by atoms with Gasteiger partial charge >= 0.3 is 0 Å². The van der Waals surface area contributed by atoms with Crippen LogP contribution >= 0.6 is 0 Å². The summed E-state index contributed by atoms with van der Waals surface area (Å²) in [6.07, 6.45) is 6.71. The van der Waals surface area contributed by atoms with Crippen molar-refractivity contribution in [3.8, 4) is 5.75 Å². The Morgan fingerprint density at radius 2 is 1.70 bits per heavy atom. The Bertz CT molecular complexity index is 955. The number of nitrogens with one attached hydrogen (secondary N) is 1. The monoisotopic (exact) mass is 434 g/mol. The van der Waals surface area contributed by atoms with Gasteiger partial charge in [-0.15, -0.1) is 0 Å². The van der Waals surface area contributed by atoms with Gasteiger partial charge < -0.3 is 10.1 Å². The molecule has 1 N–H and O–H groups in total. The maximum atomic E-state index is 13.9. The average molecular weight is 435 g/mol. The Morgan fingerprint density at radius 3 is 2.33 bits per heavy atom. The summed E-state index contributed by atoms with van der Waals surface area (Å²) in [6, 6.07) is 11.7. The topological polar surface area (TPSA) is 75.7 Å². The molecule has 6 nitrogen and oxygen atoms in total. The number of ether oxygens (including phenoxy) is 1. The van der Waals surface area contributed by atoms with E-state index in [1.807, 2.05) is 0 Å². The summed E-state index contributed by atoms with van der Waals surface area (Å²) in [5.74, 6) is -0.513. The zero-order valence-electron chi connectivity index (χ0n) is 17.0. The molecule has 1 aliphatic rings. The highest BCUT2D eigenvalue weighted by atomic mass is 32.2. The molecule has 2 aromatic rings. The molecule has 162 valence electrons. The molecule has 0 radical (unpaired) electrons. The number of halogens is 1. The quantitative estimate of drug-likeness (QED) is 0.672. The van der Waals surface area contributed by atoms with E-state index in [-0.39, 0.29) is 23.5 Å². The molecule has 1 aliphatic carbocycles. The molecule has 0 aliphatic heterocycles. The van der Waals surface area contributed by atoms with E-state index >= 15 is 0 Å². The number of benzene rings is 2. The summed E-state index contributed by atoms with van der Waals surface area (Å²) >= 11 is 0. The van der Waals surface area contributed by atoms with E-state index in [9.17, 15) is 17.6 Å². The highest BCUT2D eigenvalue weighted by Gasteiger charge is 2.24. The van der Waals surface area contributed by atoms with Crippen LogP contribution < -0.4 is 14.4 Å². The first kappa shape index (κ1) is 22.1. The predicted octanol–water partition coefficient (Wildman–Crippen LogP) is 3.87. The van der Waals surface area contributed by atoms with E-state index in [0.29, 0.717) is 11.4 Å². The lowest BCUT2D eigenvalue weighted by Crippen LogP contribution is -2.37. The lowest BCUT2D eigenvalue weighted by Gasteiger charge is -2.20. The van der Waals surface area contributed by atoms with Gasteiger partial charge in [-0.2, -0.15) is 0 Å². The maximum absolute atomic E-state index is 13.9. The molecule has 2 aromatic carbocycles. The van der Waals surface area contributed by atoms with Gasteiger partial charge in [-0.25, -0.2) is 12.8 Å². The van der Waals surface area contributed by atoms with Crippen molar-refractivity contribution in [1.82, 2.24) is 5.32 Å². The molecule has 0 heterocycles. The molecule has 1 amide bonds. The van der Waals surface area contributed by atoms with Gasteiger partial charge in [0.1, 0.15) is 16.5 Å². The zero-order valence-corrected chi connectivity index (χ0v) is 17.8. The van der Waals surface area contributed by atoms with Gasteiger partial charge in [-0.05, 0) is 49.2 Å². The molecule has 0 spiro atoms. The van der Waals surface area contributed by atoms with Gasteiger partial charge in [0.05, 0.1) is 5.69 Å². The Kier molecular flexibility index (Phi) is 7.31. The second kappa shape index (κ2) is 9.93. The van der Waals surface area contributed by atoms with Gasteiger partial charge in [-0.1, -0.05) is 37.8 Å². The van der Waals surface area contributed by atoms with E-state index in [0.717, 1.165) is 36.1 Å². The summed E-state index contributed by atoms with van der Waals surface area (Å²) in [4.78, 5) is 11.7. The summed E-state index contributed by atoms with van der Waals surface area (Å²) in [5.41, 5.74) is 0.355. The van der Waals surface area contributed by atoms with Crippen LogP contribution in [0, 0.1) is 5.82 Å². The first-order chi connectivity index (χ1) is 14.4.